The van der Waals surface area contributed by atoms with E-state index in [-0.39, 0.29) is 45.6 Å². The molecule has 0 fully saturated rings. The van der Waals surface area contributed by atoms with Crippen LogP contribution < -0.4 is 24.8 Å². The Kier molecular flexibility index (Phi) is 11.9. The standard InChI is InChI=1S/C44H34F6N2O7/c1-26-3-11-31(12-4-26)57-32-13-5-28(6-14-32)42(43(45,46)47,44(48,49)50)29-7-15-33(16-8-29)58-34-17-9-30(10-18-34)52-40(54)38-24-36(19-21-37(38)41(55)56)59-35-20-22-39(53)27(23-35)25-51-2/h3-24,51,53H,25H2,1-2H3,(H,52,54)(H,55,56). The minimum atomic E-state index is -5.81. The number of rotatable bonds is 13. The number of carbonyl (C=O) groups excluding carboxylic acids is 1. The molecular weight excluding hydrogens is 782 g/mol. The third-order valence-corrected chi connectivity index (χ3v) is 9.15. The van der Waals surface area contributed by atoms with Crippen LogP contribution in [0.5, 0.6) is 40.2 Å². The van der Waals surface area contributed by atoms with Crippen LogP contribution in [0.4, 0.5) is 32.0 Å². The van der Waals surface area contributed by atoms with Gasteiger partial charge in [0.1, 0.15) is 40.2 Å². The molecule has 0 bridgehead atoms. The largest absolute Gasteiger partial charge is 0.508 e. The summed E-state index contributed by atoms with van der Waals surface area (Å²) in [5, 5.41) is 25.3. The minimum Gasteiger partial charge on any atom is -0.508 e. The Labute approximate surface area is 333 Å². The number of aromatic carboxylic acids is 1. The van der Waals surface area contributed by atoms with Gasteiger partial charge >= 0.3 is 18.3 Å². The predicted molar refractivity (Wildman–Crippen MR) is 206 cm³/mol. The van der Waals surface area contributed by atoms with Gasteiger partial charge in [-0.3, -0.25) is 4.79 Å². The quantitative estimate of drug-likeness (QED) is 0.0849. The van der Waals surface area contributed by atoms with Crippen molar-refractivity contribution in [1.29, 1.82) is 0 Å². The second-order valence-electron chi connectivity index (χ2n) is 13.2. The lowest BCUT2D eigenvalue weighted by atomic mass is 9.73. The molecule has 0 aliphatic heterocycles. The molecule has 0 spiro atoms. The summed E-state index contributed by atoms with van der Waals surface area (Å²) in [5.74, 6) is -1.25. The first-order valence-corrected chi connectivity index (χ1v) is 17.7. The Bertz CT molecular complexity index is 2420. The first kappa shape index (κ1) is 41.6. The zero-order chi connectivity index (χ0) is 42.5. The van der Waals surface area contributed by atoms with Gasteiger partial charge < -0.3 is 35.1 Å². The van der Waals surface area contributed by atoms with Gasteiger partial charge in [0, 0.05) is 17.8 Å². The van der Waals surface area contributed by atoms with Crippen molar-refractivity contribution in [2.24, 2.45) is 0 Å². The van der Waals surface area contributed by atoms with Crippen LogP contribution in [-0.4, -0.2) is 41.5 Å². The van der Waals surface area contributed by atoms with Gasteiger partial charge in [0.05, 0.1) is 11.1 Å². The zero-order valence-corrected chi connectivity index (χ0v) is 31.1. The average molecular weight is 817 g/mol. The van der Waals surface area contributed by atoms with Crippen LogP contribution in [0.25, 0.3) is 0 Å². The summed E-state index contributed by atoms with van der Waals surface area (Å²) in [5.41, 5.74) is -5.42. The number of anilines is 1. The van der Waals surface area contributed by atoms with Crippen LogP contribution in [-0.2, 0) is 12.0 Å². The average Bonchev–Trinajstić information content (AvgIpc) is 3.18. The van der Waals surface area contributed by atoms with Crippen molar-refractivity contribution < 1.29 is 60.4 Å². The topological polar surface area (TPSA) is 126 Å². The smallest absolute Gasteiger partial charge is 0.411 e. The van der Waals surface area contributed by atoms with E-state index in [0.29, 0.717) is 35.7 Å². The predicted octanol–water partition coefficient (Wildman–Crippen LogP) is 11.2. The van der Waals surface area contributed by atoms with Crippen LogP contribution in [0, 0.1) is 6.92 Å². The number of carboxylic acids is 1. The summed E-state index contributed by atoms with van der Waals surface area (Å²) in [6.45, 7) is 2.19. The number of hydrogen-bond acceptors (Lipinski definition) is 7. The molecule has 6 aromatic carbocycles. The molecule has 15 heteroatoms. The number of alkyl halides is 6. The number of halogens is 6. The molecule has 6 rings (SSSR count). The van der Waals surface area contributed by atoms with E-state index in [1.165, 1.54) is 54.6 Å². The first-order chi connectivity index (χ1) is 28.0. The lowest BCUT2D eigenvalue weighted by Gasteiger charge is -2.38. The number of nitrogens with one attached hydrogen (secondary N) is 2. The molecule has 0 aliphatic rings. The number of carbonyl (C=O) groups is 2. The summed E-state index contributed by atoms with van der Waals surface area (Å²) < 4.78 is 106. The molecule has 1 amide bonds. The fourth-order valence-electron chi connectivity index (χ4n) is 6.27. The second kappa shape index (κ2) is 16.8. The molecule has 0 aromatic heterocycles. The van der Waals surface area contributed by atoms with Crippen LogP contribution in [0.2, 0.25) is 0 Å². The van der Waals surface area contributed by atoms with Crippen molar-refractivity contribution in [3.63, 3.8) is 0 Å². The highest BCUT2D eigenvalue weighted by Crippen LogP contribution is 2.56. The molecule has 304 valence electrons. The number of phenols is 1. The van der Waals surface area contributed by atoms with Gasteiger partial charge in [-0.25, -0.2) is 4.79 Å². The fraction of sp³-hybridized carbons (Fsp3) is 0.136. The molecule has 0 unspecified atom stereocenters. The molecule has 0 saturated carbocycles. The Morgan fingerprint density at radius 1 is 0.576 bits per heavy atom. The van der Waals surface area contributed by atoms with E-state index in [2.05, 4.69) is 10.6 Å². The molecule has 0 radical (unpaired) electrons. The van der Waals surface area contributed by atoms with E-state index in [4.69, 9.17) is 14.2 Å². The molecule has 6 aromatic rings. The van der Waals surface area contributed by atoms with Gasteiger partial charge in [-0.2, -0.15) is 26.3 Å². The van der Waals surface area contributed by atoms with Gasteiger partial charge in [0.2, 0.25) is 5.41 Å². The van der Waals surface area contributed by atoms with Crippen molar-refractivity contribution in [1.82, 2.24) is 5.32 Å². The highest BCUT2D eigenvalue weighted by molar-refractivity contribution is 6.11. The molecule has 0 heterocycles. The zero-order valence-electron chi connectivity index (χ0n) is 31.1. The first-order valence-electron chi connectivity index (χ1n) is 17.7. The third kappa shape index (κ3) is 9.10. The summed E-state index contributed by atoms with van der Waals surface area (Å²) >= 11 is 0. The van der Waals surface area contributed by atoms with Gasteiger partial charge in [-0.1, -0.05) is 42.0 Å². The molecule has 4 N–H and O–H groups in total. The number of benzene rings is 6. The van der Waals surface area contributed by atoms with Gasteiger partial charge in [0.25, 0.3) is 5.91 Å². The summed E-state index contributed by atoms with van der Waals surface area (Å²) in [7, 11) is 1.70. The Morgan fingerprint density at radius 2 is 1.00 bits per heavy atom. The van der Waals surface area contributed by atoms with Crippen molar-refractivity contribution >= 4 is 17.6 Å². The highest BCUT2D eigenvalue weighted by atomic mass is 19.4. The van der Waals surface area contributed by atoms with Crippen LogP contribution >= 0.6 is 0 Å². The second-order valence-corrected chi connectivity index (χ2v) is 13.2. The Balaban J connectivity index is 1.18. The van der Waals surface area contributed by atoms with E-state index in [1.807, 2.05) is 6.92 Å². The number of amides is 1. The maximum Gasteiger partial charge on any atom is 0.411 e. The van der Waals surface area contributed by atoms with Gasteiger partial charge in [-0.15, -0.1) is 0 Å². The minimum absolute atomic E-state index is 0.0409. The van der Waals surface area contributed by atoms with Crippen molar-refractivity contribution in [3.8, 4) is 40.2 Å². The van der Waals surface area contributed by atoms with Gasteiger partial charge in [0.15, 0.2) is 0 Å². The van der Waals surface area contributed by atoms with Crippen molar-refractivity contribution in [3.05, 3.63) is 167 Å². The van der Waals surface area contributed by atoms with E-state index in [1.54, 1.807) is 37.4 Å². The maximum absolute atomic E-state index is 14.8. The number of aryl methyl sites for hydroxylation is 1. The Morgan fingerprint density at radius 3 is 1.47 bits per heavy atom. The lowest BCUT2D eigenvalue weighted by molar-refractivity contribution is -0.288. The molecule has 9 nitrogen and oxygen atoms in total. The van der Waals surface area contributed by atoms with Crippen LogP contribution in [0.1, 0.15) is 43.0 Å². The number of carboxylic acid groups (broad SMARTS) is 1. The van der Waals surface area contributed by atoms with Crippen LogP contribution in [0.15, 0.2) is 133 Å². The lowest BCUT2D eigenvalue weighted by Crippen LogP contribution is -2.54. The normalized spacial score (nSPS) is 11.8. The van der Waals surface area contributed by atoms with E-state index in [0.717, 1.165) is 42.0 Å². The van der Waals surface area contributed by atoms with E-state index in [9.17, 15) is 46.1 Å². The molecule has 0 aliphatic carbocycles. The SMILES string of the molecule is CNCc1cc(Oc2ccc(C(=O)O)c(C(=O)Nc3ccc(Oc4ccc(C(c5ccc(Oc6ccc(C)cc6)cc5)(C(F)(F)F)C(F)(F)F)cc4)cc3)c2)ccc1O. The molecule has 0 atom stereocenters. The highest BCUT2D eigenvalue weighted by Gasteiger charge is 2.72. The molecule has 59 heavy (non-hydrogen) atoms. The monoisotopic (exact) mass is 816 g/mol. The van der Waals surface area contributed by atoms with Crippen molar-refractivity contribution in [2.75, 3.05) is 12.4 Å². The summed E-state index contributed by atoms with van der Waals surface area (Å²) in [4.78, 5) is 25.2. The number of phenolic OH excluding ortho intramolecular Hbond substituents is 1. The van der Waals surface area contributed by atoms with E-state index < -0.39 is 40.8 Å². The number of hydrogen-bond donors (Lipinski definition) is 4. The Hall–Kier alpha value is -7.00. The van der Waals surface area contributed by atoms with Crippen LogP contribution in [0.3, 0.4) is 0 Å². The maximum atomic E-state index is 14.8. The number of aromatic hydroxyl groups is 1. The van der Waals surface area contributed by atoms with Gasteiger partial charge in [-0.05, 0) is 122 Å². The summed E-state index contributed by atoms with van der Waals surface area (Å²) in [6, 6.07) is 27.5. The van der Waals surface area contributed by atoms with E-state index >= 15 is 0 Å². The fourth-order valence-corrected chi connectivity index (χ4v) is 6.27. The van der Waals surface area contributed by atoms with Crippen molar-refractivity contribution in [2.45, 2.75) is 31.2 Å². The summed E-state index contributed by atoms with van der Waals surface area (Å²) in [6.07, 6.45) is -11.6. The molecular formula is C44H34F6N2O7. The number of ether oxygens (including phenoxy) is 3. The molecule has 0 saturated heterocycles. The third-order valence-electron chi connectivity index (χ3n) is 9.15.